The van der Waals surface area contributed by atoms with Crippen molar-refractivity contribution in [3.8, 4) is 0 Å². The van der Waals surface area contributed by atoms with Crippen LogP contribution in [0.15, 0.2) is 24.3 Å². The van der Waals surface area contributed by atoms with Gasteiger partial charge in [0.15, 0.2) is 6.10 Å². The van der Waals surface area contributed by atoms with Crippen LogP contribution in [0.25, 0.3) is 10.9 Å². The van der Waals surface area contributed by atoms with E-state index in [-0.39, 0.29) is 0 Å². The molecule has 0 amide bonds. The Labute approximate surface area is 138 Å². The third-order valence-electron chi connectivity index (χ3n) is 4.86. The molecule has 1 N–H and O–H groups in total. The maximum Gasteiger partial charge on any atom is 0.338 e. The average Bonchev–Trinajstić information content (AvgIpc) is 3.18. The van der Waals surface area contributed by atoms with Crippen LogP contribution in [0.5, 0.6) is 0 Å². The van der Waals surface area contributed by atoms with Crippen LogP contribution in [0, 0.1) is 5.92 Å². The zero-order valence-electron chi connectivity index (χ0n) is 13.4. The van der Waals surface area contributed by atoms with Gasteiger partial charge in [-0.3, -0.25) is 9.63 Å². The molecular formula is C17H18N2O5. The molecule has 0 radical (unpaired) electrons. The van der Waals surface area contributed by atoms with Gasteiger partial charge in [0.2, 0.25) is 0 Å². The standard InChI is InChI=1S/C17H18N2O5/c1-22-16(20)12-14-13-10(9-5-3-4-6-11(9)18-13)7-8-19(14)24-15(12)17(21)23-2/h3-6,12,14-15,18H,7-8H2,1-2H3/t12-,14-,15-/m0/s1. The summed E-state index contributed by atoms with van der Waals surface area (Å²) in [5.74, 6) is -1.82. The molecule has 3 atom stereocenters. The smallest absolute Gasteiger partial charge is 0.338 e. The number of carbonyl (C=O) groups excluding carboxylic acids is 2. The Hall–Kier alpha value is -2.38. The average molecular weight is 330 g/mol. The maximum absolute atomic E-state index is 12.4. The quantitative estimate of drug-likeness (QED) is 0.837. The molecule has 0 bridgehead atoms. The van der Waals surface area contributed by atoms with Crippen LogP contribution in [-0.4, -0.2) is 48.9 Å². The molecule has 0 unspecified atom stereocenters. The van der Waals surface area contributed by atoms with E-state index in [1.165, 1.54) is 14.2 Å². The maximum atomic E-state index is 12.4. The summed E-state index contributed by atoms with van der Waals surface area (Å²) in [5, 5.41) is 2.83. The van der Waals surface area contributed by atoms with Crippen LogP contribution in [0.2, 0.25) is 0 Å². The second-order valence-electron chi connectivity index (χ2n) is 6.00. The first-order valence-electron chi connectivity index (χ1n) is 7.84. The van der Waals surface area contributed by atoms with E-state index < -0.39 is 30.0 Å². The lowest BCUT2D eigenvalue weighted by Crippen LogP contribution is -2.37. The van der Waals surface area contributed by atoms with Crippen molar-refractivity contribution in [2.45, 2.75) is 18.6 Å². The highest BCUT2D eigenvalue weighted by Gasteiger charge is 2.55. The van der Waals surface area contributed by atoms with Crippen LogP contribution in [0.1, 0.15) is 17.3 Å². The van der Waals surface area contributed by atoms with Crippen molar-refractivity contribution in [2.24, 2.45) is 5.92 Å². The molecule has 0 aliphatic carbocycles. The van der Waals surface area contributed by atoms with Crippen molar-refractivity contribution in [3.63, 3.8) is 0 Å². The molecule has 1 aromatic heterocycles. The molecular weight excluding hydrogens is 312 g/mol. The lowest BCUT2D eigenvalue weighted by molar-refractivity contribution is -0.190. The van der Waals surface area contributed by atoms with Crippen molar-refractivity contribution in [2.75, 3.05) is 20.8 Å². The van der Waals surface area contributed by atoms with Gasteiger partial charge < -0.3 is 14.5 Å². The number of ether oxygens (including phenoxy) is 2. The van der Waals surface area contributed by atoms with Gasteiger partial charge in [-0.05, 0) is 18.1 Å². The van der Waals surface area contributed by atoms with E-state index >= 15 is 0 Å². The van der Waals surface area contributed by atoms with E-state index in [9.17, 15) is 9.59 Å². The van der Waals surface area contributed by atoms with Gasteiger partial charge in [0.05, 0.1) is 20.3 Å². The lowest BCUT2D eigenvalue weighted by Gasteiger charge is -2.29. The Balaban J connectivity index is 1.84. The van der Waals surface area contributed by atoms with Crippen molar-refractivity contribution < 1.29 is 23.9 Å². The second-order valence-corrected chi connectivity index (χ2v) is 6.00. The number of nitrogens with zero attached hydrogens (tertiary/aromatic N) is 1. The van der Waals surface area contributed by atoms with E-state index in [0.717, 1.165) is 28.6 Å². The third-order valence-corrected chi connectivity index (χ3v) is 4.86. The molecule has 1 saturated heterocycles. The van der Waals surface area contributed by atoms with Crippen LogP contribution >= 0.6 is 0 Å². The summed E-state index contributed by atoms with van der Waals surface area (Å²) in [6, 6.07) is 7.61. The molecule has 7 nitrogen and oxygen atoms in total. The number of hydrogen-bond donors (Lipinski definition) is 1. The van der Waals surface area contributed by atoms with Gasteiger partial charge in [0.1, 0.15) is 5.92 Å². The SMILES string of the molecule is COC(=O)[C@@H]1[C@@H](C(=O)OC)ON2CCc3c([nH]c4ccccc34)[C@H]12. The van der Waals surface area contributed by atoms with Crippen LogP contribution in [-0.2, 0) is 30.3 Å². The number of nitrogens with one attached hydrogen (secondary N) is 1. The molecule has 0 saturated carbocycles. The predicted molar refractivity (Wildman–Crippen MR) is 83.8 cm³/mol. The molecule has 1 fully saturated rings. The largest absolute Gasteiger partial charge is 0.469 e. The van der Waals surface area contributed by atoms with Gasteiger partial charge in [-0.25, -0.2) is 4.79 Å². The molecule has 4 rings (SSSR count). The fourth-order valence-electron chi connectivity index (χ4n) is 3.80. The highest BCUT2D eigenvalue weighted by Crippen LogP contribution is 2.45. The molecule has 2 aliphatic rings. The van der Waals surface area contributed by atoms with Crippen molar-refractivity contribution in [1.29, 1.82) is 0 Å². The minimum Gasteiger partial charge on any atom is -0.469 e. The first-order chi connectivity index (χ1) is 11.7. The monoisotopic (exact) mass is 330 g/mol. The summed E-state index contributed by atoms with van der Waals surface area (Å²) in [5.41, 5.74) is 3.08. The molecule has 24 heavy (non-hydrogen) atoms. The van der Waals surface area contributed by atoms with Gasteiger partial charge in [-0.1, -0.05) is 18.2 Å². The first kappa shape index (κ1) is 15.2. The number of H-pyrrole nitrogens is 1. The van der Waals surface area contributed by atoms with Gasteiger partial charge in [0.25, 0.3) is 0 Å². The number of aromatic amines is 1. The van der Waals surface area contributed by atoms with Gasteiger partial charge in [-0.15, -0.1) is 0 Å². The molecule has 1 aromatic carbocycles. The first-order valence-corrected chi connectivity index (χ1v) is 7.84. The van der Waals surface area contributed by atoms with E-state index in [1.54, 1.807) is 5.06 Å². The normalized spacial score (nSPS) is 26.0. The highest BCUT2D eigenvalue weighted by molar-refractivity contribution is 5.88. The molecule has 0 spiro atoms. The number of esters is 2. The topological polar surface area (TPSA) is 80.9 Å². The van der Waals surface area contributed by atoms with E-state index in [1.807, 2.05) is 18.2 Å². The number of aromatic nitrogens is 1. The lowest BCUT2D eigenvalue weighted by atomic mass is 9.87. The number of fused-ring (bicyclic) bond motifs is 5. The minimum atomic E-state index is -0.996. The molecule has 126 valence electrons. The molecule has 3 heterocycles. The van der Waals surface area contributed by atoms with E-state index in [0.29, 0.717) is 6.54 Å². The van der Waals surface area contributed by atoms with E-state index in [4.69, 9.17) is 14.3 Å². The minimum absolute atomic E-state index is 0.391. The highest BCUT2D eigenvalue weighted by atomic mass is 16.7. The Morgan fingerprint density at radius 3 is 2.71 bits per heavy atom. The fourth-order valence-corrected chi connectivity index (χ4v) is 3.80. The third kappa shape index (κ3) is 2.05. The Bertz CT molecular complexity index is 814. The Morgan fingerprint density at radius 2 is 1.96 bits per heavy atom. The number of para-hydroxylation sites is 1. The number of hydroxylamine groups is 2. The van der Waals surface area contributed by atoms with Crippen molar-refractivity contribution in [1.82, 2.24) is 10.0 Å². The van der Waals surface area contributed by atoms with E-state index in [2.05, 4.69) is 11.1 Å². The zero-order valence-corrected chi connectivity index (χ0v) is 13.4. The van der Waals surface area contributed by atoms with Crippen LogP contribution in [0.3, 0.4) is 0 Å². The molecule has 2 aliphatic heterocycles. The molecule has 7 heteroatoms. The summed E-state index contributed by atoms with van der Waals surface area (Å²) < 4.78 is 9.73. The second kappa shape index (κ2) is 5.61. The van der Waals surface area contributed by atoms with Gasteiger partial charge >= 0.3 is 11.9 Å². The number of methoxy groups -OCH3 is 2. The van der Waals surface area contributed by atoms with Crippen LogP contribution < -0.4 is 0 Å². The number of carbonyl (C=O) groups is 2. The zero-order chi connectivity index (χ0) is 16.8. The fraction of sp³-hybridized carbons (Fsp3) is 0.412. The predicted octanol–water partition coefficient (Wildman–Crippen LogP) is 1.34. The van der Waals surface area contributed by atoms with Crippen molar-refractivity contribution >= 4 is 22.8 Å². The summed E-state index contributed by atoms with van der Waals surface area (Å²) in [6.07, 6.45) is -0.220. The number of rotatable bonds is 2. The number of benzene rings is 1. The molecule has 2 aromatic rings. The summed E-state index contributed by atoms with van der Waals surface area (Å²) in [7, 11) is 2.60. The number of hydrogen-bond acceptors (Lipinski definition) is 6. The Morgan fingerprint density at radius 1 is 1.21 bits per heavy atom. The Kier molecular flexibility index (Phi) is 3.54. The summed E-state index contributed by atoms with van der Waals surface area (Å²) in [4.78, 5) is 33.6. The van der Waals surface area contributed by atoms with Gasteiger partial charge in [-0.2, -0.15) is 5.06 Å². The summed E-state index contributed by atoms with van der Waals surface area (Å²) in [6.45, 7) is 0.598. The van der Waals surface area contributed by atoms with Gasteiger partial charge in [0, 0.05) is 23.1 Å². The summed E-state index contributed by atoms with van der Waals surface area (Å²) >= 11 is 0. The van der Waals surface area contributed by atoms with Crippen molar-refractivity contribution in [3.05, 3.63) is 35.5 Å². The van der Waals surface area contributed by atoms with Crippen LogP contribution in [0.4, 0.5) is 0 Å².